The number of carbonyl (C=O) groups excluding carboxylic acids is 2. The number of pyridine rings is 1. The molecule has 0 bridgehead atoms. The average molecular weight is 595 g/mol. The van der Waals surface area contributed by atoms with Crippen LogP contribution in [0.5, 0.6) is 0 Å². The summed E-state index contributed by atoms with van der Waals surface area (Å²) >= 11 is 0. The number of hydrogen-bond donors (Lipinski definition) is 1. The molecule has 10 heteroatoms. The second kappa shape index (κ2) is 11.3. The maximum absolute atomic E-state index is 13.8. The number of ether oxygens (including phenoxy) is 1. The summed E-state index contributed by atoms with van der Waals surface area (Å²) in [6.45, 7) is 2.96. The topological polar surface area (TPSA) is 108 Å². The zero-order valence-electron chi connectivity index (χ0n) is 24.3. The van der Waals surface area contributed by atoms with E-state index < -0.39 is 5.97 Å². The molecular formula is C34H31FN4O5. The summed E-state index contributed by atoms with van der Waals surface area (Å²) < 4.78 is 28.6. The second-order valence-electron chi connectivity index (χ2n) is 11.2. The Labute approximate surface area is 252 Å². The molecule has 44 heavy (non-hydrogen) atoms. The lowest BCUT2D eigenvalue weighted by Gasteiger charge is -2.14. The van der Waals surface area contributed by atoms with Gasteiger partial charge in [-0.15, -0.1) is 0 Å². The van der Waals surface area contributed by atoms with Gasteiger partial charge in [0.25, 0.3) is 11.5 Å². The Morgan fingerprint density at radius 2 is 1.84 bits per heavy atom. The highest BCUT2D eigenvalue weighted by molar-refractivity contribution is 6.07. The normalized spacial score (nSPS) is 15.4. The molecule has 1 N–H and O–H groups in total. The third kappa shape index (κ3) is 4.80. The van der Waals surface area contributed by atoms with E-state index in [4.69, 9.17) is 14.1 Å². The maximum atomic E-state index is 13.8. The number of aromatic nitrogens is 3. The van der Waals surface area contributed by atoms with E-state index in [1.165, 1.54) is 17.7 Å². The molecular weight excluding hydrogens is 563 g/mol. The van der Waals surface area contributed by atoms with Crippen molar-refractivity contribution in [2.24, 2.45) is 0 Å². The van der Waals surface area contributed by atoms with Crippen molar-refractivity contribution < 1.29 is 23.1 Å². The van der Waals surface area contributed by atoms with Crippen LogP contribution in [0.2, 0.25) is 0 Å². The van der Waals surface area contributed by atoms with Gasteiger partial charge in [-0.25, -0.2) is 18.9 Å². The Morgan fingerprint density at radius 3 is 2.66 bits per heavy atom. The third-order valence-corrected chi connectivity index (χ3v) is 8.53. The van der Waals surface area contributed by atoms with Crippen LogP contribution >= 0.6 is 0 Å². The number of amides is 1. The number of rotatable bonds is 8. The highest BCUT2D eigenvalue weighted by Gasteiger charge is 2.32. The van der Waals surface area contributed by atoms with Gasteiger partial charge in [0.15, 0.2) is 11.4 Å². The smallest absolute Gasteiger partial charge is 0.340 e. The molecule has 0 fully saturated rings. The molecule has 1 unspecified atom stereocenters. The molecule has 2 aromatic carbocycles. The van der Waals surface area contributed by atoms with E-state index in [1.54, 1.807) is 35.9 Å². The predicted octanol–water partition coefficient (Wildman–Crippen LogP) is 5.38. The Balaban J connectivity index is 1.32. The van der Waals surface area contributed by atoms with Gasteiger partial charge in [-0.2, -0.15) is 0 Å². The van der Waals surface area contributed by atoms with Crippen molar-refractivity contribution in [1.82, 2.24) is 19.7 Å². The Bertz CT molecular complexity index is 1970. The fraction of sp³-hybridized carbons (Fsp3) is 0.294. The minimum atomic E-state index is -0.633. The predicted molar refractivity (Wildman–Crippen MR) is 161 cm³/mol. The van der Waals surface area contributed by atoms with Gasteiger partial charge in [0.1, 0.15) is 11.6 Å². The van der Waals surface area contributed by atoms with Crippen molar-refractivity contribution in [2.75, 3.05) is 6.61 Å². The molecule has 1 aliphatic heterocycles. The first-order valence-electron chi connectivity index (χ1n) is 15.0. The van der Waals surface area contributed by atoms with Crippen LogP contribution in [0.25, 0.3) is 22.4 Å². The quantitative estimate of drug-likeness (QED) is 0.242. The average Bonchev–Trinajstić information content (AvgIpc) is 3.83. The first kappa shape index (κ1) is 27.8. The molecule has 0 spiro atoms. The number of furan rings is 1. The molecule has 224 valence electrons. The molecule has 7 rings (SSSR count). The molecule has 1 aliphatic carbocycles. The number of carbonyl (C=O) groups is 2. The molecule has 9 nitrogen and oxygen atoms in total. The summed E-state index contributed by atoms with van der Waals surface area (Å²) in [5, 5.41) is 3.33. The fourth-order valence-corrected chi connectivity index (χ4v) is 6.48. The van der Waals surface area contributed by atoms with Crippen molar-refractivity contribution in [2.45, 2.75) is 58.2 Å². The van der Waals surface area contributed by atoms with Crippen molar-refractivity contribution in [3.63, 3.8) is 0 Å². The maximum Gasteiger partial charge on any atom is 0.340 e. The Kier molecular flexibility index (Phi) is 7.12. The molecule has 1 atom stereocenters. The van der Waals surface area contributed by atoms with Crippen LogP contribution in [0.4, 0.5) is 4.39 Å². The lowest BCUT2D eigenvalue weighted by Crippen LogP contribution is -2.26. The van der Waals surface area contributed by atoms with Gasteiger partial charge in [0.05, 0.1) is 34.9 Å². The van der Waals surface area contributed by atoms with Gasteiger partial charge in [-0.3, -0.25) is 14.3 Å². The summed E-state index contributed by atoms with van der Waals surface area (Å²) in [4.78, 5) is 45.6. The zero-order valence-corrected chi connectivity index (χ0v) is 24.3. The number of hydrogen-bond acceptors (Lipinski definition) is 6. The summed E-state index contributed by atoms with van der Waals surface area (Å²) in [5.74, 6) is -1.06. The lowest BCUT2D eigenvalue weighted by atomic mass is 9.97. The number of fused-ring (bicyclic) bond motifs is 4. The summed E-state index contributed by atoms with van der Waals surface area (Å²) in [7, 11) is 0. The van der Waals surface area contributed by atoms with E-state index in [2.05, 4.69) is 11.4 Å². The van der Waals surface area contributed by atoms with E-state index in [9.17, 15) is 18.8 Å². The Morgan fingerprint density at radius 1 is 1.05 bits per heavy atom. The minimum Gasteiger partial charge on any atom is -0.462 e. The lowest BCUT2D eigenvalue weighted by molar-refractivity contribution is 0.0525. The van der Waals surface area contributed by atoms with Crippen LogP contribution in [0, 0.1) is 5.82 Å². The SMILES string of the molecule is CCOC(=O)c1c(CCc2ccc(F)cc2)nc2c(c1-c1ccc(C(=O)NC3CCc4ccccc43)o1)c(=O)n1n2CCC1. The zero-order chi connectivity index (χ0) is 30.4. The van der Waals surface area contributed by atoms with E-state index in [1.807, 2.05) is 22.9 Å². The highest BCUT2D eigenvalue weighted by Crippen LogP contribution is 2.36. The molecule has 0 saturated carbocycles. The van der Waals surface area contributed by atoms with E-state index in [0.717, 1.165) is 30.4 Å². The van der Waals surface area contributed by atoms with Crippen molar-refractivity contribution in [3.8, 4) is 11.3 Å². The fourth-order valence-electron chi connectivity index (χ4n) is 6.48. The van der Waals surface area contributed by atoms with Crippen LogP contribution in [0.1, 0.15) is 69.1 Å². The summed E-state index contributed by atoms with van der Waals surface area (Å²) in [6, 6.07) is 17.3. The first-order valence-corrected chi connectivity index (χ1v) is 15.0. The van der Waals surface area contributed by atoms with Crippen LogP contribution in [0.3, 0.4) is 0 Å². The number of halogens is 1. The van der Waals surface area contributed by atoms with E-state index in [0.29, 0.717) is 37.3 Å². The van der Waals surface area contributed by atoms with Crippen LogP contribution in [-0.2, 0) is 37.1 Å². The minimum absolute atomic E-state index is 0.0730. The molecule has 5 aromatic rings. The summed E-state index contributed by atoms with van der Waals surface area (Å²) in [5.41, 5.74) is 4.20. The van der Waals surface area contributed by atoms with E-state index in [-0.39, 0.29) is 58.0 Å². The van der Waals surface area contributed by atoms with Gasteiger partial charge >= 0.3 is 5.97 Å². The largest absolute Gasteiger partial charge is 0.462 e. The number of aryl methyl sites for hydroxylation is 4. The number of esters is 1. The highest BCUT2D eigenvalue weighted by atomic mass is 19.1. The second-order valence-corrected chi connectivity index (χ2v) is 11.2. The van der Waals surface area contributed by atoms with Gasteiger partial charge < -0.3 is 14.5 Å². The van der Waals surface area contributed by atoms with Crippen molar-refractivity contribution in [3.05, 3.63) is 111 Å². The number of nitrogens with one attached hydrogen (secondary N) is 1. The van der Waals surface area contributed by atoms with Crippen molar-refractivity contribution >= 4 is 22.9 Å². The van der Waals surface area contributed by atoms with Crippen molar-refractivity contribution in [1.29, 1.82) is 0 Å². The van der Waals surface area contributed by atoms with Gasteiger partial charge in [-0.1, -0.05) is 36.4 Å². The van der Waals surface area contributed by atoms with E-state index >= 15 is 0 Å². The molecule has 0 saturated heterocycles. The monoisotopic (exact) mass is 594 g/mol. The number of benzene rings is 2. The standard InChI is InChI=1S/C34H31FN4O5/c1-2-43-34(42)28-25(14-10-20-8-12-22(35)13-9-20)36-31-30(33(41)39-19-5-18-38(31)39)29(28)26-16-17-27(44-26)32(40)37-24-15-11-21-6-3-4-7-23(21)24/h3-4,6-9,12-13,16-17,24H,2,5,10-11,14-15,18-19H2,1H3,(H,37,40). The molecule has 2 aliphatic rings. The van der Waals surface area contributed by atoms with Gasteiger partial charge in [0.2, 0.25) is 0 Å². The van der Waals surface area contributed by atoms with Gasteiger partial charge in [0, 0.05) is 13.1 Å². The molecule has 4 heterocycles. The van der Waals surface area contributed by atoms with Crippen LogP contribution in [0.15, 0.2) is 69.9 Å². The van der Waals surface area contributed by atoms with Gasteiger partial charge in [-0.05, 0) is 80.0 Å². The molecule has 1 amide bonds. The molecule has 0 radical (unpaired) electrons. The first-order chi connectivity index (χ1) is 21.4. The molecule has 3 aromatic heterocycles. The summed E-state index contributed by atoms with van der Waals surface area (Å²) in [6.07, 6.45) is 3.27. The van der Waals surface area contributed by atoms with Crippen LogP contribution in [-0.4, -0.2) is 32.8 Å². The Hall–Kier alpha value is -4.99. The van der Waals surface area contributed by atoms with Crippen LogP contribution < -0.4 is 10.9 Å². The third-order valence-electron chi connectivity index (χ3n) is 8.53. The number of nitrogens with zero attached hydrogens (tertiary/aromatic N) is 3.